The summed E-state index contributed by atoms with van der Waals surface area (Å²) in [6, 6.07) is 6.40. The number of nitrogens with zero attached hydrogens (tertiary/aromatic N) is 3. The fraction of sp³-hybridized carbons (Fsp3) is 0.652. The first-order valence-electron chi connectivity index (χ1n) is 11.4. The first-order chi connectivity index (χ1) is 14.6. The van der Waals surface area contributed by atoms with Gasteiger partial charge >= 0.3 is 0 Å². The molecule has 4 rings (SSSR count). The molecule has 3 fully saturated rings. The number of nitrogens with one attached hydrogen (secondary N) is 1. The number of piperazine rings is 2. The summed E-state index contributed by atoms with van der Waals surface area (Å²) < 4.78 is 14.0. The summed E-state index contributed by atoms with van der Waals surface area (Å²) in [5.74, 6) is 0.426. The van der Waals surface area contributed by atoms with Crippen molar-refractivity contribution in [2.45, 2.75) is 44.6 Å². The molecule has 1 N–H and O–H groups in total. The van der Waals surface area contributed by atoms with Gasteiger partial charge in [-0.3, -0.25) is 14.5 Å². The van der Waals surface area contributed by atoms with E-state index in [9.17, 15) is 14.0 Å². The maximum Gasteiger partial charge on any atom is 0.237 e. The van der Waals surface area contributed by atoms with Crippen LogP contribution in [0.3, 0.4) is 0 Å². The number of para-hydroxylation sites is 1. The Morgan fingerprint density at radius 1 is 1.03 bits per heavy atom. The van der Waals surface area contributed by atoms with Gasteiger partial charge in [-0.25, -0.2) is 4.39 Å². The number of amides is 2. The summed E-state index contributed by atoms with van der Waals surface area (Å²) in [6.45, 7) is 4.74. The second kappa shape index (κ2) is 9.77. The first kappa shape index (κ1) is 21.1. The zero-order chi connectivity index (χ0) is 20.9. The van der Waals surface area contributed by atoms with Crippen molar-refractivity contribution in [2.24, 2.45) is 5.92 Å². The average Bonchev–Trinajstić information content (AvgIpc) is 2.77. The fourth-order valence-corrected chi connectivity index (χ4v) is 5.10. The molecule has 1 atom stereocenters. The predicted octanol–water partition coefficient (Wildman–Crippen LogP) is 2.25. The normalized spacial score (nSPS) is 24.0. The van der Waals surface area contributed by atoms with E-state index in [4.69, 9.17) is 0 Å². The Morgan fingerprint density at radius 2 is 1.77 bits per heavy atom. The largest absolute Gasteiger partial charge is 0.366 e. The highest BCUT2D eigenvalue weighted by atomic mass is 19.1. The van der Waals surface area contributed by atoms with Crippen molar-refractivity contribution in [1.29, 1.82) is 0 Å². The van der Waals surface area contributed by atoms with Crippen LogP contribution in [0.1, 0.15) is 38.5 Å². The van der Waals surface area contributed by atoms with Crippen LogP contribution in [0.4, 0.5) is 10.1 Å². The first-order valence-corrected chi connectivity index (χ1v) is 11.4. The highest BCUT2D eigenvalue weighted by Crippen LogP contribution is 2.26. The molecule has 6 nitrogen and oxygen atoms in total. The van der Waals surface area contributed by atoms with Crippen molar-refractivity contribution >= 4 is 17.5 Å². The second-order valence-corrected chi connectivity index (χ2v) is 8.83. The Bertz CT molecular complexity index is 744. The fourth-order valence-electron chi connectivity index (χ4n) is 5.10. The van der Waals surface area contributed by atoms with E-state index < -0.39 is 0 Å². The van der Waals surface area contributed by atoms with Gasteiger partial charge < -0.3 is 15.1 Å². The molecular formula is C23H33FN4O2. The third-order valence-corrected chi connectivity index (χ3v) is 6.85. The molecule has 1 aromatic carbocycles. The highest BCUT2D eigenvalue weighted by molar-refractivity contribution is 5.89. The van der Waals surface area contributed by atoms with Gasteiger partial charge in [0.2, 0.25) is 11.8 Å². The molecule has 2 heterocycles. The second-order valence-electron chi connectivity index (χ2n) is 8.83. The van der Waals surface area contributed by atoms with E-state index in [2.05, 4.69) is 10.2 Å². The monoisotopic (exact) mass is 416 g/mol. The van der Waals surface area contributed by atoms with E-state index in [0.717, 1.165) is 13.1 Å². The smallest absolute Gasteiger partial charge is 0.237 e. The molecule has 0 bridgehead atoms. The third-order valence-electron chi connectivity index (χ3n) is 6.85. The van der Waals surface area contributed by atoms with E-state index in [0.29, 0.717) is 44.3 Å². The van der Waals surface area contributed by atoms with Crippen LogP contribution in [0.2, 0.25) is 0 Å². The number of hydrogen-bond acceptors (Lipinski definition) is 4. The Kier molecular flexibility index (Phi) is 6.87. The van der Waals surface area contributed by atoms with Crippen molar-refractivity contribution in [1.82, 2.24) is 15.1 Å². The summed E-state index contributed by atoms with van der Waals surface area (Å²) >= 11 is 0. The predicted molar refractivity (Wildman–Crippen MR) is 115 cm³/mol. The molecule has 1 unspecified atom stereocenters. The summed E-state index contributed by atoms with van der Waals surface area (Å²) in [5.41, 5.74) is 0.593. The van der Waals surface area contributed by atoms with E-state index in [1.165, 1.54) is 38.2 Å². The number of anilines is 1. The summed E-state index contributed by atoms with van der Waals surface area (Å²) in [5, 5.41) is 2.94. The minimum Gasteiger partial charge on any atom is -0.366 e. The quantitative estimate of drug-likeness (QED) is 0.800. The van der Waals surface area contributed by atoms with Crippen molar-refractivity contribution in [3.63, 3.8) is 0 Å². The van der Waals surface area contributed by atoms with E-state index in [1.807, 2.05) is 15.9 Å². The molecule has 0 aromatic heterocycles. The highest BCUT2D eigenvalue weighted by Gasteiger charge is 2.35. The molecule has 1 saturated carbocycles. The maximum atomic E-state index is 14.0. The minimum absolute atomic E-state index is 0.0181. The Balaban J connectivity index is 1.32. The molecule has 3 aliphatic rings. The molecule has 7 heteroatoms. The topological polar surface area (TPSA) is 55.9 Å². The Morgan fingerprint density at radius 3 is 2.50 bits per heavy atom. The Labute approximate surface area is 178 Å². The zero-order valence-corrected chi connectivity index (χ0v) is 17.7. The van der Waals surface area contributed by atoms with Gasteiger partial charge in [-0.2, -0.15) is 0 Å². The van der Waals surface area contributed by atoms with E-state index in [1.54, 1.807) is 12.1 Å². The van der Waals surface area contributed by atoms with Crippen molar-refractivity contribution in [3.05, 3.63) is 30.1 Å². The zero-order valence-electron chi connectivity index (χ0n) is 17.7. The molecule has 2 aliphatic heterocycles. The molecule has 2 saturated heterocycles. The van der Waals surface area contributed by atoms with Gasteiger partial charge in [0, 0.05) is 45.8 Å². The lowest BCUT2D eigenvalue weighted by Gasteiger charge is -2.40. The van der Waals surface area contributed by atoms with Gasteiger partial charge in [-0.15, -0.1) is 0 Å². The number of rotatable bonds is 5. The molecule has 0 radical (unpaired) electrons. The maximum absolute atomic E-state index is 14.0. The standard InChI is InChI=1S/C23H33FN4O2/c24-19-8-4-5-9-20(19)26-12-14-27(15-13-26)22(29)16-21-23(30)25-10-11-28(21)17-18-6-2-1-3-7-18/h4-5,8-9,18,21H,1-3,6-7,10-17H2,(H,25,30). The van der Waals surface area contributed by atoms with Crippen molar-refractivity contribution < 1.29 is 14.0 Å². The van der Waals surface area contributed by atoms with Crippen molar-refractivity contribution in [2.75, 3.05) is 50.7 Å². The lowest BCUT2D eigenvalue weighted by molar-refractivity contribution is -0.139. The van der Waals surface area contributed by atoms with Crippen LogP contribution >= 0.6 is 0 Å². The summed E-state index contributed by atoms with van der Waals surface area (Å²) in [7, 11) is 0. The lowest BCUT2D eigenvalue weighted by Crippen LogP contribution is -2.58. The Hall–Kier alpha value is -2.15. The van der Waals surface area contributed by atoms with Crippen LogP contribution in [-0.4, -0.2) is 73.5 Å². The molecule has 164 valence electrons. The van der Waals surface area contributed by atoms with Gasteiger partial charge in [0.15, 0.2) is 0 Å². The van der Waals surface area contributed by atoms with Crippen molar-refractivity contribution in [3.8, 4) is 0 Å². The number of carbonyl (C=O) groups is 2. The van der Waals surface area contributed by atoms with Gasteiger partial charge in [0.05, 0.1) is 18.2 Å². The van der Waals surface area contributed by atoms with Crippen LogP contribution < -0.4 is 10.2 Å². The van der Waals surface area contributed by atoms with E-state index in [-0.39, 0.29) is 30.1 Å². The van der Waals surface area contributed by atoms with Crippen LogP contribution in [0.5, 0.6) is 0 Å². The lowest BCUT2D eigenvalue weighted by atomic mass is 9.88. The van der Waals surface area contributed by atoms with Gasteiger partial charge in [0.25, 0.3) is 0 Å². The molecule has 30 heavy (non-hydrogen) atoms. The molecule has 0 spiro atoms. The van der Waals surface area contributed by atoms with Crippen LogP contribution in [0, 0.1) is 11.7 Å². The number of carbonyl (C=O) groups excluding carboxylic acids is 2. The van der Waals surface area contributed by atoms with Gasteiger partial charge in [-0.05, 0) is 30.9 Å². The molecule has 1 aromatic rings. The van der Waals surface area contributed by atoms with Crippen LogP contribution in [0.25, 0.3) is 0 Å². The number of benzene rings is 1. The number of hydrogen-bond donors (Lipinski definition) is 1. The molecule has 1 aliphatic carbocycles. The SMILES string of the molecule is O=C1NCCN(CC2CCCCC2)C1CC(=O)N1CCN(c2ccccc2F)CC1. The average molecular weight is 417 g/mol. The van der Waals surface area contributed by atoms with E-state index >= 15 is 0 Å². The number of halogens is 1. The summed E-state index contributed by atoms with van der Waals surface area (Å²) in [6.07, 6.45) is 6.57. The van der Waals surface area contributed by atoms with Crippen LogP contribution in [0.15, 0.2) is 24.3 Å². The van der Waals surface area contributed by atoms with Gasteiger partial charge in [0.1, 0.15) is 5.82 Å². The minimum atomic E-state index is -0.363. The van der Waals surface area contributed by atoms with Gasteiger partial charge in [-0.1, -0.05) is 31.4 Å². The molecular weight excluding hydrogens is 383 g/mol. The van der Waals surface area contributed by atoms with Crippen LogP contribution in [-0.2, 0) is 9.59 Å². The summed E-state index contributed by atoms with van der Waals surface area (Å²) in [4.78, 5) is 31.6. The third kappa shape index (κ3) is 4.94. The molecule has 2 amide bonds.